The monoisotopic (exact) mass is 681 g/mol. The molecule has 4 aliphatic rings. The maximum absolute atomic E-state index is 15.7. The van der Waals surface area contributed by atoms with Crippen LogP contribution in [-0.2, 0) is 37.8 Å². The molecule has 0 saturated carbocycles. The van der Waals surface area contributed by atoms with E-state index in [9.17, 15) is 14.7 Å². The minimum Gasteiger partial charge on any atom is -0.392 e. The molecule has 12 heteroatoms. The number of halogens is 1. The average molecular weight is 682 g/mol. The molecule has 1 aliphatic carbocycles. The summed E-state index contributed by atoms with van der Waals surface area (Å²) in [5, 5.41) is 18.5. The van der Waals surface area contributed by atoms with Crippen molar-refractivity contribution in [1.82, 2.24) is 24.4 Å². The molecule has 11 nitrogen and oxygen atoms in total. The highest BCUT2D eigenvalue weighted by Gasteiger charge is 2.46. The van der Waals surface area contributed by atoms with Gasteiger partial charge in [-0.25, -0.2) is 14.4 Å². The van der Waals surface area contributed by atoms with Gasteiger partial charge in [0.2, 0.25) is 0 Å². The van der Waals surface area contributed by atoms with Crippen molar-refractivity contribution in [2.45, 2.75) is 64.3 Å². The molecule has 2 unspecified atom stereocenters. The largest absolute Gasteiger partial charge is 0.392 e. The summed E-state index contributed by atoms with van der Waals surface area (Å²) in [5.41, 5.74) is 4.63. The van der Waals surface area contributed by atoms with Crippen LogP contribution >= 0.6 is 0 Å². The second kappa shape index (κ2) is 12.8. The highest BCUT2D eigenvalue weighted by molar-refractivity contribution is 6.07. The number of hydrogen-bond acceptors (Lipinski definition) is 8. The molecule has 2 saturated heterocycles. The third kappa shape index (κ3) is 5.54. The maximum Gasteiger partial charge on any atom is 0.275 e. The number of aromatic nitrogens is 3. The van der Waals surface area contributed by atoms with Gasteiger partial charge in [-0.05, 0) is 87.1 Å². The Morgan fingerprint density at radius 1 is 1.10 bits per heavy atom. The maximum atomic E-state index is 15.7. The molecule has 2 fully saturated rings. The third-order valence-corrected chi connectivity index (χ3v) is 11.1. The summed E-state index contributed by atoms with van der Waals surface area (Å²) in [6.45, 7) is 7.37. The third-order valence-electron chi connectivity index (χ3n) is 11.1. The van der Waals surface area contributed by atoms with Gasteiger partial charge in [0.15, 0.2) is 0 Å². The zero-order valence-corrected chi connectivity index (χ0v) is 28.9. The molecule has 1 aromatic carbocycles. The van der Waals surface area contributed by atoms with Crippen LogP contribution in [0.4, 0.5) is 21.6 Å². The summed E-state index contributed by atoms with van der Waals surface area (Å²) in [7, 11) is 1.67. The van der Waals surface area contributed by atoms with Gasteiger partial charge in [0.05, 0.1) is 24.5 Å². The number of hydrazine groups is 1. The number of nitrogens with one attached hydrogen (secondary N) is 1. The van der Waals surface area contributed by atoms with Crippen molar-refractivity contribution in [3.8, 4) is 11.1 Å². The quantitative estimate of drug-likeness (QED) is 0.300. The number of pyridine rings is 2. The normalized spacial score (nSPS) is 21.8. The first kappa shape index (κ1) is 32.8. The lowest BCUT2D eigenvalue weighted by atomic mass is 9.79. The van der Waals surface area contributed by atoms with Gasteiger partial charge in [-0.1, -0.05) is 6.07 Å². The van der Waals surface area contributed by atoms with Crippen LogP contribution in [0, 0.1) is 11.7 Å². The van der Waals surface area contributed by atoms with Crippen molar-refractivity contribution in [2.75, 3.05) is 42.7 Å². The van der Waals surface area contributed by atoms with E-state index in [2.05, 4.69) is 33.7 Å². The first-order chi connectivity index (χ1) is 24.1. The first-order valence-electron chi connectivity index (χ1n) is 17.7. The number of aryl methyl sites for hydroxylation is 2. The van der Waals surface area contributed by atoms with Crippen molar-refractivity contribution in [3.05, 3.63) is 93.5 Å². The Kier molecular flexibility index (Phi) is 8.37. The van der Waals surface area contributed by atoms with Crippen LogP contribution in [0.5, 0.6) is 0 Å². The Labute approximate surface area is 290 Å². The van der Waals surface area contributed by atoms with Crippen LogP contribution in [0.1, 0.15) is 54.0 Å². The predicted molar refractivity (Wildman–Crippen MR) is 189 cm³/mol. The summed E-state index contributed by atoms with van der Waals surface area (Å²) >= 11 is 0. The Morgan fingerprint density at radius 3 is 2.68 bits per heavy atom. The van der Waals surface area contributed by atoms with Crippen molar-refractivity contribution >= 4 is 23.1 Å². The molecule has 262 valence electrons. The van der Waals surface area contributed by atoms with E-state index in [1.54, 1.807) is 30.4 Å². The molecule has 0 spiro atoms. The molecule has 3 aromatic heterocycles. The smallest absolute Gasteiger partial charge is 0.275 e. The number of carbonyl (C=O) groups is 1. The Morgan fingerprint density at radius 2 is 1.94 bits per heavy atom. The number of rotatable bonds is 7. The minimum atomic E-state index is -0.535. The van der Waals surface area contributed by atoms with Crippen molar-refractivity contribution < 1.29 is 19.0 Å². The highest BCUT2D eigenvalue weighted by atomic mass is 19.1. The zero-order valence-electron chi connectivity index (χ0n) is 28.9. The summed E-state index contributed by atoms with van der Waals surface area (Å²) in [4.78, 5) is 34.3. The number of aliphatic hydroxyl groups excluding tert-OH is 1. The molecule has 0 bridgehead atoms. The number of benzene rings is 1. The van der Waals surface area contributed by atoms with E-state index < -0.39 is 12.4 Å². The van der Waals surface area contributed by atoms with Crippen LogP contribution in [0.2, 0.25) is 0 Å². The van der Waals surface area contributed by atoms with Gasteiger partial charge >= 0.3 is 0 Å². The Bertz CT molecular complexity index is 2010. The lowest BCUT2D eigenvalue weighted by Crippen LogP contribution is -2.66. The van der Waals surface area contributed by atoms with Crippen LogP contribution in [0.15, 0.2) is 59.7 Å². The highest BCUT2D eigenvalue weighted by Crippen LogP contribution is 2.39. The van der Waals surface area contributed by atoms with Crippen molar-refractivity contribution in [3.63, 3.8) is 0 Å². The van der Waals surface area contributed by atoms with Gasteiger partial charge in [-0.15, -0.1) is 0 Å². The molecular formula is C38H44FN7O4. The summed E-state index contributed by atoms with van der Waals surface area (Å²) < 4.78 is 25.1. The second-order valence-corrected chi connectivity index (χ2v) is 14.5. The molecule has 6 heterocycles. The molecule has 2 N–H and O–H groups in total. The zero-order chi connectivity index (χ0) is 34.7. The van der Waals surface area contributed by atoms with Crippen LogP contribution in [-0.4, -0.2) is 74.6 Å². The van der Waals surface area contributed by atoms with Crippen LogP contribution in [0.3, 0.4) is 0 Å². The van der Waals surface area contributed by atoms with Gasteiger partial charge in [-0.3, -0.25) is 14.6 Å². The molecule has 4 aromatic rings. The van der Waals surface area contributed by atoms with Crippen LogP contribution in [0.25, 0.3) is 11.1 Å². The van der Waals surface area contributed by atoms with E-state index >= 15 is 4.39 Å². The number of anilines is 3. The van der Waals surface area contributed by atoms with E-state index in [4.69, 9.17) is 4.74 Å². The number of piperazine rings is 1. The van der Waals surface area contributed by atoms with E-state index in [-0.39, 0.29) is 23.1 Å². The number of hydrogen-bond donors (Lipinski definition) is 2. The van der Waals surface area contributed by atoms with Crippen molar-refractivity contribution in [1.29, 1.82) is 0 Å². The van der Waals surface area contributed by atoms with Gasteiger partial charge in [0, 0.05) is 80.9 Å². The molecule has 2 atom stereocenters. The van der Waals surface area contributed by atoms with Gasteiger partial charge in [0.25, 0.3) is 11.5 Å². The van der Waals surface area contributed by atoms with Gasteiger partial charge in [0.1, 0.15) is 23.0 Å². The number of nitrogens with zero attached hydrogens (tertiary/aromatic N) is 6. The van der Waals surface area contributed by atoms with E-state index in [0.717, 1.165) is 25.7 Å². The lowest BCUT2D eigenvalue weighted by Gasteiger charge is -2.52. The fraction of sp³-hybridized carbons (Fsp3) is 0.447. The minimum absolute atomic E-state index is 0.131. The second-order valence-electron chi connectivity index (χ2n) is 14.5. The topological polar surface area (TPSA) is 108 Å². The number of carbonyl (C=O) groups excluding carboxylic acids is 1. The summed E-state index contributed by atoms with van der Waals surface area (Å²) in [6, 6.07) is 12.2. The molecular weight excluding hydrogens is 637 g/mol. The summed E-state index contributed by atoms with van der Waals surface area (Å²) in [6.07, 6.45) is 7.50. The Balaban J connectivity index is 1.20. The van der Waals surface area contributed by atoms with Crippen molar-refractivity contribution in [2.24, 2.45) is 13.0 Å². The van der Waals surface area contributed by atoms with E-state index in [1.165, 1.54) is 28.0 Å². The fourth-order valence-electron chi connectivity index (χ4n) is 8.37. The average Bonchev–Trinajstić information content (AvgIpc) is 3.50. The predicted octanol–water partition coefficient (Wildman–Crippen LogP) is 4.17. The Hall–Kier alpha value is -4.36. The standard InChI is InChI=1S/C38H44FN7O4/c1-38(2)29(23-50-38)30-21-43(13-12-40-30)46(35-10-6-7-11-41-35)34-17-25(20-42(3)36(34)48)27-18-26(39)19-32(28(27)22-47)45-15-14-44-31-9-5-4-8-24(31)16-33(44)37(45)49/h6-7,10-11,16-20,29-30,40,47H,4-5,8-9,12-15,21-23H2,1-3H3. The van der Waals surface area contributed by atoms with Gasteiger partial charge in [-0.2, -0.15) is 0 Å². The fourth-order valence-corrected chi connectivity index (χ4v) is 8.37. The number of aliphatic hydroxyl groups is 1. The van der Waals surface area contributed by atoms with Gasteiger partial charge < -0.3 is 29.2 Å². The molecule has 8 rings (SSSR count). The number of fused-ring (bicyclic) bond motifs is 3. The molecule has 50 heavy (non-hydrogen) atoms. The number of amides is 1. The van der Waals surface area contributed by atoms with E-state index in [0.29, 0.717) is 84.8 Å². The van der Waals surface area contributed by atoms with E-state index in [1.807, 2.05) is 29.3 Å². The molecule has 0 radical (unpaired) electrons. The van der Waals surface area contributed by atoms with Crippen LogP contribution < -0.4 is 20.8 Å². The summed E-state index contributed by atoms with van der Waals surface area (Å²) in [5.74, 6) is 0.146. The lowest BCUT2D eigenvalue weighted by molar-refractivity contribution is -0.195. The first-order valence-corrected chi connectivity index (χ1v) is 17.7. The number of ether oxygens (including phenoxy) is 1. The SMILES string of the molecule is Cn1cc(-c2cc(F)cc(N3CCn4c(cc5c4CCCC5)C3=O)c2CO)cc(N(c2ccccn2)N2CCNC(C3COC3(C)C)C2)c1=O. The molecule has 1 amide bonds. The molecule has 3 aliphatic heterocycles.